The Bertz CT molecular complexity index is 279. The van der Waals surface area contributed by atoms with Crippen LogP contribution in [0.3, 0.4) is 0 Å². The molecular weight excluding hydrogens is 244 g/mol. The Kier molecular flexibility index (Phi) is 5.39. The van der Waals surface area contributed by atoms with Crippen molar-refractivity contribution in [2.75, 3.05) is 6.54 Å². The van der Waals surface area contributed by atoms with Gasteiger partial charge in [-0.2, -0.15) is 0 Å². The van der Waals surface area contributed by atoms with E-state index >= 15 is 0 Å². The minimum absolute atomic E-state index is 0.738. The Labute approximate surface area is 125 Å². The monoisotopic (exact) mass is 278 g/mol. The molecule has 116 valence electrons. The molecule has 0 amide bonds. The van der Waals surface area contributed by atoms with Gasteiger partial charge < -0.3 is 10.6 Å². The number of rotatable bonds is 4. The summed E-state index contributed by atoms with van der Waals surface area (Å²) in [6.07, 6.45) is 15.9. The van der Waals surface area contributed by atoms with Gasteiger partial charge in [0.05, 0.1) is 0 Å². The average molecular weight is 278 g/mol. The molecule has 0 radical (unpaired) electrons. The molecule has 20 heavy (non-hydrogen) atoms. The zero-order chi connectivity index (χ0) is 13.8. The quantitative estimate of drug-likeness (QED) is 0.816. The summed E-state index contributed by atoms with van der Waals surface area (Å²) in [5.74, 6) is 1.85. The first kappa shape index (κ1) is 14.8. The van der Waals surface area contributed by atoms with Crippen molar-refractivity contribution in [3.63, 3.8) is 0 Å². The Morgan fingerprint density at radius 3 is 2.35 bits per heavy atom. The summed E-state index contributed by atoms with van der Waals surface area (Å²) in [7, 11) is 0. The highest BCUT2D eigenvalue weighted by molar-refractivity contribution is 4.93. The van der Waals surface area contributed by atoms with Crippen molar-refractivity contribution in [2.24, 2.45) is 11.8 Å². The van der Waals surface area contributed by atoms with Crippen LogP contribution in [0.15, 0.2) is 0 Å². The molecule has 4 unspecified atom stereocenters. The second-order valence-corrected chi connectivity index (χ2v) is 7.61. The highest BCUT2D eigenvalue weighted by Crippen LogP contribution is 2.33. The summed E-state index contributed by atoms with van der Waals surface area (Å²) in [5.41, 5.74) is 0. The Balaban J connectivity index is 1.55. The first-order valence-electron chi connectivity index (χ1n) is 9.34. The van der Waals surface area contributed by atoms with Crippen LogP contribution in [0.5, 0.6) is 0 Å². The lowest BCUT2D eigenvalue weighted by molar-refractivity contribution is 0.175. The van der Waals surface area contributed by atoms with Crippen LogP contribution in [-0.4, -0.2) is 24.7 Å². The van der Waals surface area contributed by atoms with Gasteiger partial charge in [0.25, 0.3) is 0 Å². The molecule has 2 N–H and O–H groups in total. The second-order valence-electron chi connectivity index (χ2n) is 7.61. The smallest absolute Gasteiger partial charge is 0.0113 e. The summed E-state index contributed by atoms with van der Waals surface area (Å²) in [6.45, 7) is 3.72. The number of hydrogen-bond donors (Lipinski definition) is 2. The van der Waals surface area contributed by atoms with E-state index in [1.165, 1.54) is 77.2 Å². The van der Waals surface area contributed by atoms with Crippen molar-refractivity contribution in [2.45, 2.75) is 95.7 Å². The van der Waals surface area contributed by atoms with Gasteiger partial charge in [0.2, 0.25) is 0 Å². The maximum atomic E-state index is 4.08. The van der Waals surface area contributed by atoms with Gasteiger partial charge in [-0.05, 0) is 63.8 Å². The van der Waals surface area contributed by atoms with E-state index in [1.54, 1.807) is 0 Å². The molecule has 3 rings (SSSR count). The van der Waals surface area contributed by atoms with Crippen LogP contribution in [-0.2, 0) is 0 Å². The van der Waals surface area contributed by atoms with E-state index < -0.39 is 0 Å². The van der Waals surface area contributed by atoms with Crippen molar-refractivity contribution in [1.82, 2.24) is 10.6 Å². The highest BCUT2D eigenvalue weighted by Gasteiger charge is 2.34. The van der Waals surface area contributed by atoms with Gasteiger partial charge in [-0.1, -0.05) is 32.1 Å². The fraction of sp³-hybridized carbons (Fsp3) is 1.00. The molecule has 1 heterocycles. The normalized spacial score (nSPS) is 38.0. The van der Waals surface area contributed by atoms with E-state index in [-0.39, 0.29) is 0 Å². The van der Waals surface area contributed by atoms with Crippen molar-refractivity contribution < 1.29 is 0 Å². The minimum Gasteiger partial charge on any atom is -0.314 e. The third kappa shape index (κ3) is 3.57. The molecule has 0 aromatic rings. The molecule has 3 aliphatic rings. The SMILES string of the molecule is CC(NC1CCCCC1C1CCCN1)C1CCCCC1. The Morgan fingerprint density at radius 2 is 1.60 bits per heavy atom. The molecule has 0 aromatic carbocycles. The number of hydrogen-bond acceptors (Lipinski definition) is 2. The van der Waals surface area contributed by atoms with Crippen LogP contribution in [0.4, 0.5) is 0 Å². The predicted octanol–water partition coefficient (Wildman–Crippen LogP) is 3.86. The lowest BCUT2D eigenvalue weighted by Gasteiger charge is -2.40. The fourth-order valence-corrected chi connectivity index (χ4v) is 5.03. The molecule has 2 heteroatoms. The molecule has 0 spiro atoms. The lowest BCUT2D eigenvalue weighted by atomic mass is 9.77. The summed E-state index contributed by atoms with van der Waals surface area (Å²) in [6, 6.07) is 2.34. The van der Waals surface area contributed by atoms with Crippen LogP contribution < -0.4 is 10.6 Å². The maximum absolute atomic E-state index is 4.08. The second kappa shape index (κ2) is 7.26. The third-order valence-electron chi connectivity index (χ3n) is 6.27. The van der Waals surface area contributed by atoms with E-state index in [4.69, 9.17) is 0 Å². The third-order valence-corrected chi connectivity index (χ3v) is 6.27. The Hall–Kier alpha value is -0.0800. The zero-order valence-electron chi connectivity index (χ0n) is 13.4. The van der Waals surface area contributed by atoms with E-state index in [9.17, 15) is 0 Å². The topological polar surface area (TPSA) is 24.1 Å². The molecule has 2 aliphatic carbocycles. The van der Waals surface area contributed by atoms with Gasteiger partial charge in [0, 0.05) is 18.1 Å². The van der Waals surface area contributed by atoms with Gasteiger partial charge in [-0.15, -0.1) is 0 Å². The minimum atomic E-state index is 0.738. The van der Waals surface area contributed by atoms with Crippen molar-refractivity contribution in [3.05, 3.63) is 0 Å². The standard InChI is InChI=1S/C18H34N2/c1-14(15-8-3-2-4-9-15)20-18-11-6-5-10-16(18)17-12-7-13-19-17/h14-20H,2-13H2,1H3. The van der Waals surface area contributed by atoms with Crippen molar-refractivity contribution in [3.8, 4) is 0 Å². The first-order chi connectivity index (χ1) is 9.84. The molecular formula is C18H34N2. The summed E-state index contributed by atoms with van der Waals surface area (Å²) in [5, 5.41) is 7.84. The van der Waals surface area contributed by atoms with Gasteiger partial charge in [-0.25, -0.2) is 0 Å². The summed E-state index contributed by atoms with van der Waals surface area (Å²) >= 11 is 0. The zero-order valence-corrected chi connectivity index (χ0v) is 13.4. The Morgan fingerprint density at radius 1 is 0.850 bits per heavy atom. The van der Waals surface area contributed by atoms with Gasteiger partial charge >= 0.3 is 0 Å². The van der Waals surface area contributed by atoms with Crippen LogP contribution >= 0.6 is 0 Å². The van der Waals surface area contributed by atoms with E-state index in [0.717, 1.165) is 30.0 Å². The van der Waals surface area contributed by atoms with Crippen molar-refractivity contribution in [1.29, 1.82) is 0 Å². The number of nitrogens with one attached hydrogen (secondary N) is 2. The largest absolute Gasteiger partial charge is 0.314 e. The molecule has 3 fully saturated rings. The van der Waals surface area contributed by atoms with Crippen LogP contribution in [0.2, 0.25) is 0 Å². The van der Waals surface area contributed by atoms with Crippen LogP contribution in [0.25, 0.3) is 0 Å². The summed E-state index contributed by atoms with van der Waals surface area (Å²) in [4.78, 5) is 0. The fourth-order valence-electron chi connectivity index (χ4n) is 5.03. The molecule has 0 aromatic heterocycles. The van der Waals surface area contributed by atoms with Gasteiger partial charge in [-0.3, -0.25) is 0 Å². The van der Waals surface area contributed by atoms with Crippen LogP contribution in [0, 0.1) is 11.8 Å². The van der Waals surface area contributed by atoms with E-state index in [2.05, 4.69) is 17.6 Å². The van der Waals surface area contributed by atoms with Gasteiger partial charge in [0.15, 0.2) is 0 Å². The molecule has 2 nitrogen and oxygen atoms in total. The predicted molar refractivity (Wildman–Crippen MR) is 85.9 cm³/mol. The van der Waals surface area contributed by atoms with Gasteiger partial charge in [0.1, 0.15) is 0 Å². The van der Waals surface area contributed by atoms with E-state index in [1.807, 2.05) is 0 Å². The maximum Gasteiger partial charge on any atom is 0.0113 e. The molecule has 4 atom stereocenters. The molecule has 1 aliphatic heterocycles. The van der Waals surface area contributed by atoms with E-state index in [0.29, 0.717) is 0 Å². The molecule has 1 saturated heterocycles. The lowest BCUT2D eigenvalue weighted by Crippen LogP contribution is -2.51. The molecule has 2 saturated carbocycles. The average Bonchev–Trinajstić information content (AvgIpc) is 3.03. The first-order valence-corrected chi connectivity index (χ1v) is 9.34. The van der Waals surface area contributed by atoms with Crippen LogP contribution in [0.1, 0.15) is 77.6 Å². The van der Waals surface area contributed by atoms with Crippen molar-refractivity contribution >= 4 is 0 Å². The molecule has 0 bridgehead atoms. The summed E-state index contributed by atoms with van der Waals surface area (Å²) < 4.78 is 0. The highest BCUT2D eigenvalue weighted by atomic mass is 15.0.